The molecule has 0 bridgehead atoms. The maximum atomic E-state index is 12.0. The summed E-state index contributed by atoms with van der Waals surface area (Å²) >= 11 is 0. The SMILES string of the molecule is CCNC(C)(CCN1CCCC(C)(C)CC1)C(=O)OC. The molecule has 118 valence electrons. The van der Waals surface area contributed by atoms with Crippen LogP contribution in [-0.2, 0) is 9.53 Å². The summed E-state index contributed by atoms with van der Waals surface area (Å²) in [6.45, 7) is 12.7. The van der Waals surface area contributed by atoms with E-state index in [9.17, 15) is 4.79 Å². The van der Waals surface area contributed by atoms with Gasteiger partial charge in [-0.05, 0) is 57.7 Å². The number of nitrogens with one attached hydrogen (secondary N) is 1. The Morgan fingerprint density at radius 2 is 2.05 bits per heavy atom. The number of carbonyl (C=O) groups excluding carboxylic acids is 1. The Hall–Kier alpha value is -0.610. The topological polar surface area (TPSA) is 41.6 Å². The predicted octanol–water partition coefficient (Wildman–Crippen LogP) is 2.43. The molecule has 1 unspecified atom stereocenters. The van der Waals surface area contributed by atoms with Gasteiger partial charge in [0.2, 0.25) is 0 Å². The molecule has 0 aromatic heterocycles. The number of nitrogens with zero attached hydrogens (tertiary/aromatic N) is 1. The van der Waals surface area contributed by atoms with Gasteiger partial charge in [-0.3, -0.25) is 4.79 Å². The highest BCUT2D eigenvalue weighted by Gasteiger charge is 2.34. The van der Waals surface area contributed by atoms with E-state index in [-0.39, 0.29) is 5.97 Å². The number of likely N-dealkylation sites (tertiary alicyclic amines) is 1. The van der Waals surface area contributed by atoms with E-state index in [1.54, 1.807) is 0 Å². The van der Waals surface area contributed by atoms with E-state index in [0.717, 1.165) is 32.6 Å². The minimum atomic E-state index is -0.564. The summed E-state index contributed by atoms with van der Waals surface area (Å²) in [5.74, 6) is -0.158. The zero-order chi connectivity index (χ0) is 15.2. The van der Waals surface area contributed by atoms with Crippen LogP contribution in [-0.4, -0.2) is 49.7 Å². The van der Waals surface area contributed by atoms with Crippen LogP contribution in [0.2, 0.25) is 0 Å². The van der Waals surface area contributed by atoms with Crippen molar-refractivity contribution >= 4 is 5.97 Å². The third-order valence-corrected chi connectivity index (χ3v) is 4.56. The van der Waals surface area contributed by atoms with Gasteiger partial charge in [0.15, 0.2) is 0 Å². The molecule has 1 aliphatic rings. The summed E-state index contributed by atoms with van der Waals surface area (Å²) < 4.78 is 4.95. The molecular weight excluding hydrogens is 252 g/mol. The quantitative estimate of drug-likeness (QED) is 0.761. The van der Waals surface area contributed by atoms with Gasteiger partial charge in [-0.15, -0.1) is 0 Å². The molecule has 1 saturated heterocycles. The highest BCUT2D eigenvalue weighted by molar-refractivity contribution is 5.80. The summed E-state index contributed by atoms with van der Waals surface area (Å²) in [5, 5.41) is 3.28. The molecule has 0 aliphatic carbocycles. The Morgan fingerprint density at radius 1 is 1.35 bits per heavy atom. The molecule has 1 heterocycles. The number of hydrogen-bond acceptors (Lipinski definition) is 4. The second-order valence-corrected chi connectivity index (χ2v) is 6.96. The second kappa shape index (κ2) is 7.41. The first-order valence-electron chi connectivity index (χ1n) is 7.89. The van der Waals surface area contributed by atoms with Crippen LogP contribution in [0.15, 0.2) is 0 Å². The number of likely N-dealkylation sites (N-methyl/N-ethyl adjacent to an activating group) is 1. The minimum Gasteiger partial charge on any atom is -0.468 e. The fourth-order valence-corrected chi connectivity index (χ4v) is 2.96. The maximum absolute atomic E-state index is 12.0. The number of esters is 1. The summed E-state index contributed by atoms with van der Waals surface area (Å²) in [6, 6.07) is 0. The molecule has 0 aromatic carbocycles. The second-order valence-electron chi connectivity index (χ2n) is 6.96. The molecule has 1 N–H and O–H groups in total. The van der Waals surface area contributed by atoms with E-state index in [4.69, 9.17) is 4.74 Å². The van der Waals surface area contributed by atoms with E-state index in [0.29, 0.717) is 5.41 Å². The van der Waals surface area contributed by atoms with Crippen molar-refractivity contribution < 1.29 is 9.53 Å². The van der Waals surface area contributed by atoms with Crippen molar-refractivity contribution in [2.24, 2.45) is 5.41 Å². The van der Waals surface area contributed by atoms with Gasteiger partial charge in [0.25, 0.3) is 0 Å². The van der Waals surface area contributed by atoms with Crippen LogP contribution in [0, 0.1) is 5.41 Å². The summed E-state index contributed by atoms with van der Waals surface area (Å²) in [5.41, 5.74) is -0.104. The van der Waals surface area contributed by atoms with Crippen molar-refractivity contribution in [3.05, 3.63) is 0 Å². The van der Waals surface area contributed by atoms with Gasteiger partial charge >= 0.3 is 5.97 Å². The van der Waals surface area contributed by atoms with Crippen LogP contribution in [0.25, 0.3) is 0 Å². The average molecular weight is 284 g/mol. The smallest absolute Gasteiger partial charge is 0.325 e. The third-order valence-electron chi connectivity index (χ3n) is 4.56. The monoisotopic (exact) mass is 284 g/mol. The van der Waals surface area contributed by atoms with Crippen LogP contribution in [0.5, 0.6) is 0 Å². The number of hydrogen-bond donors (Lipinski definition) is 1. The minimum absolute atomic E-state index is 0.158. The fourth-order valence-electron chi connectivity index (χ4n) is 2.96. The first kappa shape index (κ1) is 17.4. The Kier molecular flexibility index (Phi) is 6.46. The predicted molar refractivity (Wildman–Crippen MR) is 82.8 cm³/mol. The summed E-state index contributed by atoms with van der Waals surface area (Å²) in [6.07, 6.45) is 4.59. The van der Waals surface area contributed by atoms with Crippen LogP contribution < -0.4 is 5.32 Å². The summed E-state index contributed by atoms with van der Waals surface area (Å²) in [4.78, 5) is 14.5. The lowest BCUT2D eigenvalue weighted by Crippen LogP contribution is -2.52. The molecule has 1 aliphatic heterocycles. The fraction of sp³-hybridized carbons (Fsp3) is 0.938. The van der Waals surface area contributed by atoms with Crippen molar-refractivity contribution in [2.75, 3.05) is 33.3 Å². The highest BCUT2D eigenvalue weighted by Crippen LogP contribution is 2.30. The van der Waals surface area contributed by atoms with Crippen LogP contribution >= 0.6 is 0 Å². The molecule has 0 amide bonds. The lowest BCUT2D eigenvalue weighted by atomic mass is 9.85. The van der Waals surface area contributed by atoms with E-state index in [1.807, 2.05) is 13.8 Å². The molecule has 1 fully saturated rings. The van der Waals surface area contributed by atoms with E-state index in [2.05, 4.69) is 24.1 Å². The van der Waals surface area contributed by atoms with Crippen molar-refractivity contribution in [3.63, 3.8) is 0 Å². The van der Waals surface area contributed by atoms with Crippen LogP contribution in [0.1, 0.15) is 53.4 Å². The number of ether oxygens (including phenoxy) is 1. The Bertz CT molecular complexity index is 318. The third kappa shape index (κ3) is 5.06. The highest BCUT2D eigenvalue weighted by atomic mass is 16.5. The van der Waals surface area contributed by atoms with Crippen molar-refractivity contribution in [3.8, 4) is 0 Å². The number of carbonyl (C=O) groups is 1. The molecule has 4 nitrogen and oxygen atoms in total. The van der Waals surface area contributed by atoms with E-state index < -0.39 is 5.54 Å². The van der Waals surface area contributed by atoms with Crippen molar-refractivity contribution in [1.82, 2.24) is 10.2 Å². The molecule has 1 atom stereocenters. The Balaban J connectivity index is 2.53. The Labute approximate surface area is 124 Å². The van der Waals surface area contributed by atoms with Gasteiger partial charge < -0.3 is 15.0 Å². The molecule has 4 heteroatoms. The first-order valence-corrected chi connectivity index (χ1v) is 7.89. The van der Waals surface area contributed by atoms with E-state index >= 15 is 0 Å². The number of methoxy groups -OCH3 is 1. The molecule has 1 rings (SSSR count). The van der Waals surface area contributed by atoms with Gasteiger partial charge in [0, 0.05) is 6.54 Å². The van der Waals surface area contributed by atoms with Gasteiger partial charge in [0.05, 0.1) is 7.11 Å². The zero-order valence-corrected chi connectivity index (χ0v) is 13.9. The standard InChI is InChI=1S/C16H32N2O2/c1-6-17-16(4,14(19)20-5)10-13-18-11-7-8-15(2,3)9-12-18/h17H,6-13H2,1-5H3. The van der Waals surface area contributed by atoms with Gasteiger partial charge in [-0.25, -0.2) is 0 Å². The normalized spacial score (nSPS) is 22.9. The molecule has 0 radical (unpaired) electrons. The van der Waals surface area contributed by atoms with Gasteiger partial charge in [-0.1, -0.05) is 20.8 Å². The molecule has 20 heavy (non-hydrogen) atoms. The van der Waals surface area contributed by atoms with E-state index in [1.165, 1.54) is 26.4 Å². The van der Waals surface area contributed by atoms with Gasteiger partial charge in [-0.2, -0.15) is 0 Å². The van der Waals surface area contributed by atoms with Crippen molar-refractivity contribution in [1.29, 1.82) is 0 Å². The van der Waals surface area contributed by atoms with Crippen LogP contribution in [0.3, 0.4) is 0 Å². The molecular formula is C16H32N2O2. The van der Waals surface area contributed by atoms with Crippen molar-refractivity contribution in [2.45, 2.75) is 58.9 Å². The number of rotatable bonds is 6. The largest absolute Gasteiger partial charge is 0.468 e. The molecule has 0 saturated carbocycles. The lowest BCUT2D eigenvalue weighted by molar-refractivity contribution is -0.148. The average Bonchev–Trinajstić information content (AvgIpc) is 2.57. The van der Waals surface area contributed by atoms with Crippen LogP contribution in [0.4, 0.5) is 0 Å². The first-order chi connectivity index (χ1) is 9.33. The summed E-state index contributed by atoms with van der Waals surface area (Å²) in [7, 11) is 1.46. The zero-order valence-electron chi connectivity index (χ0n) is 13.9. The van der Waals surface area contributed by atoms with Gasteiger partial charge in [0.1, 0.15) is 5.54 Å². The molecule has 0 aromatic rings. The Morgan fingerprint density at radius 3 is 2.65 bits per heavy atom. The lowest BCUT2D eigenvalue weighted by Gasteiger charge is -2.30. The maximum Gasteiger partial charge on any atom is 0.325 e. The molecule has 0 spiro atoms.